The number of aryl methyl sites for hydroxylation is 1. The number of carbonyl (C=O) groups is 2. The largest absolute Gasteiger partial charge is 0.399 e. The molecule has 1 saturated carbocycles. The van der Waals surface area contributed by atoms with Crippen LogP contribution in [0.2, 0.25) is 0 Å². The SMILES string of the molecule is Nc1ccc2c(c1)CCC(=O)N2CC(=O)NC1CCCC1. The van der Waals surface area contributed by atoms with Gasteiger partial charge in [-0.3, -0.25) is 9.59 Å². The molecule has 1 aliphatic carbocycles. The second-order valence-electron chi connectivity index (χ2n) is 5.92. The van der Waals surface area contributed by atoms with Gasteiger partial charge in [-0.25, -0.2) is 0 Å². The maximum absolute atomic E-state index is 12.2. The fourth-order valence-corrected chi connectivity index (χ4v) is 3.24. The molecule has 0 saturated heterocycles. The number of anilines is 2. The van der Waals surface area contributed by atoms with Gasteiger partial charge in [0, 0.05) is 23.8 Å². The number of fused-ring (bicyclic) bond motifs is 1. The third-order valence-corrected chi connectivity index (χ3v) is 4.33. The van der Waals surface area contributed by atoms with Crippen molar-refractivity contribution in [2.24, 2.45) is 0 Å². The summed E-state index contributed by atoms with van der Waals surface area (Å²) in [7, 11) is 0. The number of amides is 2. The van der Waals surface area contributed by atoms with E-state index in [2.05, 4.69) is 5.32 Å². The molecule has 3 rings (SSSR count). The third-order valence-electron chi connectivity index (χ3n) is 4.33. The Bertz CT molecular complexity index is 565. The monoisotopic (exact) mass is 287 g/mol. The number of benzene rings is 1. The van der Waals surface area contributed by atoms with Crippen molar-refractivity contribution in [2.45, 2.75) is 44.6 Å². The predicted molar refractivity (Wildman–Crippen MR) is 81.9 cm³/mol. The Balaban J connectivity index is 1.72. The average Bonchev–Trinajstić information content (AvgIpc) is 2.95. The number of hydrogen-bond donors (Lipinski definition) is 2. The molecule has 3 N–H and O–H groups in total. The normalized spacial score (nSPS) is 18.7. The molecule has 5 nitrogen and oxygen atoms in total. The molecule has 2 amide bonds. The Morgan fingerprint density at radius 2 is 2.05 bits per heavy atom. The van der Waals surface area contributed by atoms with Crippen LogP contribution in [-0.2, 0) is 16.0 Å². The Morgan fingerprint density at radius 1 is 1.29 bits per heavy atom. The van der Waals surface area contributed by atoms with E-state index < -0.39 is 0 Å². The van der Waals surface area contributed by atoms with Crippen molar-refractivity contribution in [1.29, 1.82) is 0 Å². The van der Waals surface area contributed by atoms with Crippen molar-refractivity contribution in [3.8, 4) is 0 Å². The first-order chi connectivity index (χ1) is 10.1. The van der Waals surface area contributed by atoms with E-state index in [-0.39, 0.29) is 24.4 Å². The number of nitrogens with one attached hydrogen (secondary N) is 1. The van der Waals surface area contributed by atoms with E-state index in [1.165, 1.54) is 12.8 Å². The number of carbonyl (C=O) groups excluding carboxylic acids is 2. The van der Waals surface area contributed by atoms with E-state index in [9.17, 15) is 9.59 Å². The number of rotatable bonds is 3. The minimum Gasteiger partial charge on any atom is -0.399 e. The molecule has 112 valence electrons. The highest BCUT2D eigenvalue weighted by Gasteiger charge is 2.27. The topological polar surface area (TPSA) is 75.4 Å². The zero-order valence-electron chi connectivity index (χ0n) is 12.1. The van der Waals surface area contributed by atoms with E-state index in [4.69, 9.17) is 5.73 Å². The van der Waals surface area contributed by atoms with Gasteiger partial charge in [0.25, 0.3) is 0 Å². The second kappa shape index (κ2) is 5.76. The summed E-state index contributed by atoms with van der Waals surface area (Å²) >= 11 is 0. The molecule has 1 aliphatic heterocycles. The molecule has 1 heterocycles. The van der Waals surface area contributed by atoms with Crippen molar-refractivity contribution >= 4 is 23.2 Å². The molecule has 0 radical (unpaired) electrons. The van der Waals surface area contributed by atoms with Gasteiger partial charge in [0.2, 0.25) is 11.8 Å². The van der Waals surface area contributed by atoms with Gasteiger partial charge in [0.05, 0.1) is 0 Å². The molecule has 1 aromatic carbocycles. The maximum Gasteiger partial charge on any atom is 0.240 e. The summed E-state index contributed by atoms with van der Waals surface area (Å²) in [5, 5.41) is 3.03. The summed E-state index contributed by atoms with van der Waals surface area (Å²) in [5.74, 6) is -0.0613. The van der Waals surface area contributed by atoms with Crippen LogP contribution in [0, 0.1) is 0 Å². The minimum atomic E-state index is -0.0695. The van der Waals surface area contributed by atoms with Crippen LogP contribution in [0.3, 0.4) is 0 Å². The number of nitrogens with two attached hydrogens (primary N) is 1. The molecule has 1 aromatic rings. The molecular formula is C16H21N3O2. The summed E-state index contributed by atoms with van der Waals surface area (Å²) in [6.07, 6.45) is 5.58. The van der Waals surface area contributed by atoms with Crippen molar-refractivity contribution in [1.82, 2.24) is 5.32 Å². The first-order valence-electron chi connectivity index (χ1n) is 7.61. The van der Waals surface area contributed by atoms with Crippen LogP contribution in [0.5, 0.6) is 0 Å². The van der Waals surface area contributed by atoms with E-state index in [0.29, 0.717) is 18.5 Å². The van der Waals surface area contributed by atoms with E-state index in [0.717, 1.165) is 24.1 Å². The minimum absolute atomic E-state index is 0.00819. The lowest BCUT2D eigenvalue weighted by atomic mass is 10.0. The number of nitrogens with zero attached hydrogens (tertiary/aromatic N) is 1. The zero-order chi connectivity index (χ0) is 14.8. The van der Waals surface area contributed by atoms with Gasteiger partial charge in [-0.1, -0.05) is 12.8 Å². The smallest absolute Gasteiger partial charge is 0.240 e. The fourth-order valence-electron chi connectivity index (χ4n) is 3.24. The van der Waals surface area contributed by atoms with E-state index >= 15 is 0 Å². The van der Waals surface area contributed by atoms with Crippen LogP contribution in [0.25, 0.3) is 0 Å². The highest BCUT2D eigenvalue weighted by molar-refractivity contribution is 6.01. The molecule has 1 fully saturated rings. The van der Waals surface area contributed by atoms with Crippen molar-refractivity contribution in [2.75, 3.05) is 17.2 Å². The summed E-state index contributed by atoms with van der Waals surface area (Å²) in [6, 6.07) is 5.79. The average molecular weight is 287 g/mol. The summed E-state index contributed by atoms with van der Waals surface area (Å²) in [5.41, 5.74) is 8.35. The second-order valence-corrected chi connectivity index (χ2v) is 5.92. The van der Waals surface area contributed by atoms with Gasteiger partial charge >= 0.3 is 0 Å². The van der Waals surface area contributed by atoms with Crippen molar-refractivity contribution in [3.63, 3.8) is 0 Å². The molecule has 5 heteroatoms. The lowest BCUT2D eigenvalue weighted by Crippen LogP contribution is -2.45. The predicted octanol–water partition coefficient (Wildman–Crippen LogP) is 1.61. The third kappa shape index (κ3) is 3.01. The van der Waals surface area contributed by atoms with Gasteiger partial charge in [-0.15, -0.1) is 0 Å². The number of hydrogen-bond acceptors (Lipinski definition) is 3. The lowest BCUT2D eigenvalue weighted by Gasteiger charge is -2.29. The maximum atomic E-state index is 12.2. The Hall–Kier alpha value is -2.04. The van der Waals surface area contributed by atoms with Crippen LogP contribution in [0.4, 0.5) is 11.4 Å². The van der Waals surface area contributed by atoms with Gasteiger partial charge in [-0.2, -0.15) is 0 Å². The van der Waals surface area contributed by atoms with Crippen LogP contribution < -0.4 is 16.0 Å². The van der Waals surface area contributed by atoms with Gasteiger partial charge in [0.15, 0.2) is 0 Å². The molecule has 0 unspecified atom stereocenters. The van der Waals surface area contributed by atoms with Crippen molar-refractivity contribution < 1.29 is 9.59 Å². The molecule has 2 aliphatic rings. The van der Waals surface area contributed by atoms with Gasteiger partial charge < -0.3 is 16.0 Å². The Kier molecular flexibility index (Phi) is 3.82. The van der Waals surface area contributed by atoms with E-state index in [1.807, 2.05) is 12.1 Å². The van der Waals surface area contributed by atoms with Gasteiger partial charge in [0.1, 0.15) is 6.54 Å². The van der Waals surface area contributed by atoms with Crippen LogP contribution in [0.1, 0.15) is 37.7 Å². The highest BCUT2D eigenvalue weighted by Crippen LogP contribution is 2.29. The van der Waals surface area contributed by atoms with Crippen molar-refractivity contribution in [3.05, 3.63) is 23.8 Å². The zero-order valence-corrected chi connectivity index (χ0v) is 12.1. The van der Waals surface area contributed by atoms with E-state index in [1.54, 1.807) is 11.0 Å². The molecule has 0 aromatic heterocycles. The molecule has 0 bridgehead atoms. The molecular weight excluding hydrogens is 266 g/mol. The Morgan fingerprint density at radius 3 is 2.81 bits per heavy atom. The summed E-state index contributed by atoms with van der Waals surface area (Å²) < 4.78 is 0. The first kappa shape index (κ1) is 13.9. The standard InChI is InChI=1S/C16H21N3O2/c17-12-6-7-14-11(9-12)5-8-16(21)19(14)10-15(20)18-13-3-1-2-4-13/h6-7,9,13H,1-5,8,10,17H2,(H,18,20). The molecule has 0 atom stereocenters. The molecule has 0 spiro atoms. The quantitative estimate of drug-likeness (QED) is 0.829. The van der Waals surface area contributed by atoms with Crippen LogP contribution >= 0.6 is 0 Å². The molecule has 21 heavy (non-hydrogen) atoms. The van der Waals surface area contributed by atoms with Crippen LogP contribution in [0.15, 0.2) is 18.2 Å². The fraction of sp³-hybridized carbons (Fsp3) is 0.500. The summed E-state index contributed by atoms with van der Waals surface area (Å²) in [4.78, 5) is 25.9. The highest BCUT2D eigenvalue weighted by atomic mass is 16.2. The Labute approximate surface area is 124 Å². The van der Waals surface area contributed by atoms with Gasteiger partial charge in [-0.05, 0) is 43.0 Å². The van der Waals surface area contributed by atoms with Crippen LogP contribution in [-0.4, -0.2) is 24.4 Å². The number of nitrogen functional groups attached to an aromatic ring is 1. The lowest BCUT2D eigenvalue weighted by molar-refractivity contribution is -0.124. The summed E-state index contributed by atoms with van der Waals surface area (Å²) in [6.45, 7) is 0.103. The first-order valence-corrected chi connectivity index (χ1v) is 7.61.